The van der Waals surface area contributed by atoms with E-state index < -0.39 is 0 Å². The van der Waals surface area contributed by atoms with Crippen molar-refractivity contribution in [3.8, 4) is 0 Å². The number of aryl methyl sites for hydroxylation is 2. The van der Waals surface area contributed by atoms with Gasteiger partial charge < -0.3 is 17.0 Å². The SMILES string of the molecule is CON(C)C(=O)CC[n+]1ccc(C)cc1.[Br-]. The van der Waals surface area contributed by atoms with Crippen LogP contribution in [0.25, 0.3) is 0 Å². The van der Waals surface area contributed by atoms with Gasteiger partial charge in [0, 0.05) is 19.2 Å². The van der Waals surface area contributed by atoms with E-state index in [1.165, 1.54) is 17.7 Å². The fraction of sp³-hybridized carbons (Fsp3) is 0.455. The summed E-state index contributed by atoms with van der Waals surface area (Å²) >= 11 is 0. The van der Waals surface area contributed by atoms with Gasteiger partial charge in [-0.05, 0) is 12.5 Å². The van der Waals surface area contributed by atoms with Crippen molar-refractivity contribution >= 4 is 5.91 Å². The van der Waals surface area contributed by atoms with Gasteiger partial charge in [-0.15, -0.1) is 0 Å². The first-order valence-electron chi connectivity index (χ1n) is 4.90. The van der Waals surface area contributed by atoms with Crippen LogP contribution in [-0.2, 0) is 16.2 Å². The maximum atomic E-state index is 11.4. The lowest BCUT2D eigenvalue weighted by Gasteiger charge is -2.11. The lowest BCUT2D eigenvalue weighted by molar-refractivity contribution is -0.696. The predicted molar refractivity (Wildman–Crippen MR) is 55.8 cm³/mol. The topological polar surface area (TPSA) is 33.4 Å². The number of amides is 1. The molecule has 0 saturated carbocycles. The number of pyridine rings is 1. The summed E-state index contributed by atoms with van der Waals surface area (Å²) < 4.78 is 1.98. The molecular weight excluding hydrogens is 272 g/mol. The molecule has 5 heteroatoms. The van der Waals surface area contributed by atoms with Gasteiger partial charge in [-0.25, -0.2) is 9.63 Å². The number of hydrogen-bond donors (Lipinski definition) is 0. The molecule has 0 spiro atoms. The summed E-state index contributed by atoms with van der Waals surface area (Å²) in [6, 6.07) is 4.04. The minimum Gasteiger partial charge on any atom is -1.00 e. The third-order valence-electron chi connectivity index (χ3n) is 2.27. The Morgan fingerprint density at radius 2 is 2.00 bits per heavy atom. The number of hydroxylamine groups is 2. The summed E-state index contributed by atoms with van der Waals surface area (Å²) in [5.41, 5.74) is 1.21. The Hall–Kier alpha value is -0.940. The Balaban J connectivity index is 0.00000225. The second kappa shape index (κ2) is 7.35. The van der Waals surface area contributed by atoms with E-state index in [-0.39, 0.29) is 22.9 Å². The molecule has 16 heavy (non-hydrogen) atoms. The average Bonchev–Trinajstić information content (AvgIpc) is 2.26. The van der Waals surface area contributed by atoms with Crippen LogP contribution in [0.5, 0.6) is 0 Å². The standard InChI is InChI=1S/C11H17N2O2.BrH/c1-10-4-7-13(8-5-10)9-6-11(14)12(2)15-3;/h4-5,7-8H,6,9H2,1-3H3;1H/q+1;/p-1. The van der Waals surface area contributed by atoms with Crippen molar-refractivity contribution < 1.29 is 31.2 Å². The van der Waals surface area contributed by atoms with Gasteiger partial charge in [0.15, 0.2) is 18.9 Å². The third kappa shape index (κ3) is 4.72. The van der Waals surface area contributed by atoms with Gasteiger partial charge in [-0.2, -0.15) is 0 Å². The molecule has 1 heterocycles. The van der Waals surface area contributed by atoms with Crippen molar-refractivity contribution in [3.63, 3.8) is 0 Å². The van der Waals surface area contributed by atoms with Crippen LogP contribution >= 0.6 is 0 Å². The average molecular weight is 289 g/mol. The quantitative estimate of drug-likeness (QED) is 0.461. The largest absolute Gasteiger partial charge is 1.00 e. The second-order valence-corrected chi connectivity index (χ2v) is 3.44. The highest BCUT2D eigenvalue weighted by Crippen LogP contribution is 1.93. The minimum absolute atomic E-state index is 0. The van der Waals surface area contributed by atoms with E-state index in [0.717, 1.165) is 0 Å². The smallest absolute Gasteiger partial charge is 0.252 e. The highest BCUT2D eigenvalue weighted by Gasteiger charge is 2.10. The van der Waals surface area contributed by atoms with E-state index in [1.54, 1.807) is 7.05 Å². The summed E-state index contributed by atoms with van der Waals surface area (Å²) in [5, 5.41) is 1.24. The summed E-state index contributed by atoms with van der Waals surface area (Å²) in [7, 11) is 3.10. The number of carbonyl (C=O) groups excluding carboxylic acids is 1. The number of rotatable bonds is 4. The van der Waals surface area contributed by atoms with Gasteiger partial charge in [0.25, 0.3) is 5.91 Å². The normalized spacial score (nSPS) is 9.44. The highest BCUT2D eigenvalue weighted by atomic mass is 79.9. The molecule has 1 rings (SSSR count). The van der Waals surface area contributed by atoms with E-state index in [2.05, 4.69) is 0 Å². The van der Waals surface area contributed by atoms with Crippen LogP contribution in [0, 0.1) is 6.92 Å². The molecule has 0 radical (unpaired) electrons. The maximum Gasteiger partial charge on any atom is 0.252 e. The molecule has 1 amide bonds. The van der Waals surface area contributed by atoms with Crippen LogP contribution in [0.3, 0.4) is 0 Å². The summed E-state index contributed by atoms with van der Waals surface area (Å²) in [5.74, 6) is -0.0226. The molecule has 0 N–H and O–H groups in total. The van der Waals surface area contributed by atoms with E-state index in [9.17, 15) is 4.79 Å². The lowest BCUT2D eigenvalue weighted by atomic mass is 10.3. The van der Waals surface area contributed by atoms with Crippen molar-refractivity contribution in [3.05, 3.63) is 30.1 Å². The number of aromatic nitrogens is 1. The lowest BCUT2D eigenvalue weighted by Crippen LogP contribution is -3.00. The van der Waals surface area contributed by atoms with Crippen LogP contribution in [0.15, 0.2) is 24.5 Å². The van der Waals surface area contributed by atoms with Gasteiger partial charge in [-0.1, -0.05) is 0 Å². The highest BCUT2D eigenvalue weighted by molar-refractivity contribution is 5.74. The minimum atomic E-state index is -0.0226. The number of nitrogens with zero attached hydrogens (tertiary/aromatic N) is 2. The summed E-state index contributed by atoms with van der Waals surface area (Å²) in [6.45, 7) is 2.71. The molecule has 0 aliphatic carbocycles. The maximum absolute atomic E-state index is 11.4. The summed E-state index contributed by atoms with van der Waals surface area (Å²) in [6.07, 6.45) is 4.38. The van der Waals surface area contributed by atoms with Crippen molar-refractivity contribution in [2.75, 3.05) is 14.2 Å². The van der Waals surface area contributed by atoms with E-state index in [1.807, 2.05) is 36.0 Å². The van der Waals surface area contributed by atoms with Crippen molar-refractivity contribution in [1.82, 2.24) is 5.06 Å². The van der Waals surface area contributed by atoms with Crippen LogP contribution in [0.2, 0.25) is 0 Å². The molecule has 0 atom stereocenters. The molecule has 0 unspecified atom stereocenters. The molecule has 0 aromatic carbocycles. The zero-order valence-corrected chi connectivity index (χ0v) is 11.4. The third-order valence-corrected chi connectivity index (χ3v) is 2.27. The van der Waals surface area contributed by atoms with Gasteiger partial charge in [0.2, 0.25) is 0 Å². The van der Waals surface area contributed by atoms with Crippen LogP contribution in [0.4, 0.5) is 0 Å². The van der Waals surface area contributed by atoms with Gasteiger partial charge in [-0.3, -0.25) is 9.63 Å². The first-order chi connectivity index (χ1) is 7.13. The molecule has 90 valence electrons. The van der Waals surface area contributed by atoms with Crippen molar-refractivity contribution in [2.24, 2.45) is 0 Å². The van der Waals surface area contributed by atoms with E-state index in [0.29, 0.717) is 13.0 Å². The molecule has 1 aromatic heterocycles. The fourth-order valence-corrected chi connectivity index (χ4v) is 1.16. The second-order valence-electron chi connectivity index (χ2n) is 3.44. The molecule has 0 saturated heterocycles. The number of halogens is 1. The molecule has 1 aromatic rings. The van der Waals surface area contributed by atoms with Crippen molar-refractivity contribution in [2.45, 2.75) is 19.9 Å². The molecule has 0 fully saturated rings. The Morgan fingerprint density at radius 3 is 2.50 bits per heavy atom. The van der Waals surface area contributed by atoms with Crippen molar-refractivity contribution in [1.29, 1.82) is 0 Å². The first-order valence-corrected chi connectivity index (χ1v) is 4.90. The monoisotopic (exact) mass is 288 g/mol. The zero-order valence-electron chi connectivity index (χ0n) is 9.81. The molecule has 4 nitrogen and oxygen atoms in total. The van der Waals surface area contributed by atoms with E-state index >= 15 is 0 Å². The number of carbonyl (C=O) groups is 1. The molecule has 0 aliphatic heterocycles. The Labute approximate surface area is 107 Å². The van der Waals surface area contributed by atoms with Crippen LogP contribution in [0.1, 0.15) is 12.0 Å². The summed E-state index contributed by atoms with van der Waals surface area (Å²) in [4.78, 5) is 16.2. The van der Waals surface area contributed by atoms with Gasteiger partial charge in [0.05, 0.1) is 13.5 Å². The van der Waals surface area contributed by atoms with E-state index in [4.69, 9.17) is 4.84 Å². The van der Waals surface area contributed by atoms with Crippen LogP contribution < -0.4 is 21.5 Å². The van der Waals surface area contributed by atoms with Gasteiger partial charge in [0.1, 0.15) is 0 Å². The number of hydrogen-bond acceptors (Lipinski definition) is 2. The zero-order chi connectivity index (χ0) is 11.3. The Bertz CT molecular complexity index is 327. The molecule has 0 aliphatic rings. The Morgan fingerprint density at radius 1 is 1.44 bits per heavy atom. The van der Waals surface area contributed by atoms with Gasteiger partial charge >= 0.3 is 0 Å². The predicted octanol–water partition coefficient (Wildman–Crippen LogP) is -2.30. The first kappa shape index (κ1) is 15.1. The Kier molecular flexibility index (Phi) is 6.92. The fourth-order valence-electron chi connectivity index (χ4n) is 1.16. The molecule has 0 bridgehead atoms. The molecular formula is C11H17BrN2O2. The van der Waals surface area contributed by atoms with Crippen LogP contribution in [-0.4, -0.2) is 25.1 Å².